The Labute approximate surface area is 158 Å². The van der Waals surface area contributed by atoms with Crippen LogP contribution >= 0.6 is 27.3 Å². The summed E-state index contributed by atoms with van der Waals surface area (Å²) in [5, 5.41) is 3.39. The SMILES string of the molecule is COc1ccc(Br)cc1C(=O)Nc1sc2c(c1C(N)=O)CC[C@H](C)C2. The van der Waals surface area contributed by atoms with Gasteiger partial charge in [0, 0.05) is 9.35 Å². The fourth-order valence-electron chi connectivity index (χ4n) is 3.13. The Morgan fingerprint density at radius 3 is 2.84 bits per heavy atom. The maximum atomic E-state index is 12.7. The van der Waals surface area contributed by atoms with Crippen molar-refractivity contribution < 1.29 is 14.3 Å². The van der Waals surface area contributed by atoms with E-state index in [4.69, 9.17) is 10.5 Å². The van der Waals surface area contributed by atoms with Gasteiger partial charge in [-0.25, -0.2) is 0 Å². The number of rotatable bonds is 4. The zero-order valence-corrected chi connectivity index (χ0v) is 16.4. The number of amides is 2. The molecule has 0 spiro atoms. The van der Waals surface area contributed by atoms with Crippen LogP contribution in [0.4, 0.5) is 5.00 Å². The summed E-state index contributed by atoms with van der Waals surface area (Å²) in [5.74, 6) is 0.215. The first-order valence-electron chi connectivity index (χ1n) is 8.00. The van der Waals surface area contributed by atoms with Gasteiger partial charge in [0.05, 0.1) is 18.2 Å². The van der Waals surface area contributed by atoms with E-state index in [1.807, 2.05) is 0 Å². The Kier molecular flexibility index (Phi) is 5.15. The molecule has 0 bridgehead atoms. The molecule has 2 aromatic rings. The molecule has 3 rings (SSSR count). The highest BCUT2D eigenvalue weighted by molar-refractivity contribution is 9.10. The standard InChI is InChI=1S/C18H19BrN2O3S/c1-9-3-5-11-14(7-9)25-18(15(11)16(20)22)21-17(23)12-8-10(19)4-6-13(12)24-2/h4,6,8-9H,3,5,7H2,1-2H3,(H2,20,22)(H,21,23)/t9-/m0/s1. The van der Waals surface area contributed by atoms with Gasteiger partial charge in [-0.2, -0.15) is 0 Å². The Hall–Kier alpha value is -1.86. The summed E-state index contributed by atoms with van der Waals surface area (Å²) in [6, 6.07) is 5.21. The summed E-state index contributed by atoms with van der Waals surface area (Å²) in [4.78, 5) is 25.9. The number of nitrogens with two attached hydrogens (primary N) is 1. The predicted molar refractivity (Wildman–Crippen MR) is 103 cm³/mol. The van der Waals surface area contributed by atoms with Crippen LogP contribution in [0.1, 0.15) is 44.5 Å². The van der Waals surface area contributed by atoms with Gasteiger partial charge in [-0.15, -0.1) is 11.3 Å². The second-order valence-corrected chi connectivity index (χ2v) is 8.24. The molecule has 1 aliphatic rings. The molecule has 1 heterocycles. The van der Waals surface area contributed by atoms with E-state index in [2.05, 4.69) is 28.2 Å². The van der Waals surface area contributed by atoms with E-state index in [1.54, 1.807) is 18.2 Å². The largest absolute Gasteiger partial charge is 0.496 e. The van der Waals surface area contributed by atoms with Gasteiger partial charge >= 0.3 is 0 Å². The molecule has 132 valence electrons. The summed E-state index contributed by atoms with van der Waals surface area (Å²) in [5.41, 5.74) is 7.44. The summed E-state index contributed by atoms with van der Waals surface area (Å²) in [6.45, 7) is 2.19. The van der Waals surface area contributed by atoms with Crippen LogP contribution in [0.2, 0.25) is 0 Å². The molecule has 0 unspecified atom stereocenters. The van der Waals surface area contributed by atoms with Crippen molar-refractivity contribution in [3.05, 3.63) is 44.2 Å². The third kappa shape index (κ3) is 3.57. The van der Waals surface area contributed by atoms with E-state index in [9.17, 15) is 9.59 Å². The molecule has 1 aromatic carbocycles. The molecule has 5 nitrogen and oxygen atoms in total. The molecule has 1 atom stereocenters. The number of anilines is 1. The van der Waals surface area contributed by atoms with Crippen LogP contribution in [0.15, 0.2) is 22.7 Å². The number of carbonyl (C=O) groups excluding carboxylic acids is 2. The Balaban J connectivity index is 1.97. The van der Waals surface area contributed by atoms with E-state index in [-0.39, 0.29) is 5.91 Å². The maximum Gasteiger partial charge on any atom is 0.260 e. The number of carbonyl (C=O) groups is 2. The van der Waals surface area contributed by atoms with Crippen molar-refractivity contribution in [2.45, 2.75) is 26.2 Å². The molecule has 0 fully saturated rings. The highest BCUT2D eigenvalue weighted by Gasteiger charge is 2.27. The van der Waals surface area contributed by atoms with E-state index < -0.39 is 5.91 Å². The van der Waals surface area contributed by atoms with Crippen molar-refractivity contribution in [2.24, 2.45) is 11.7 Å². The lowest BCUT2D eigenvalue weighted by molar-refractivity contribution is 0.1000. The van der Waals surface area contributed by atoms with Crippen molar-refractivity contribution in [1.29, 1.82) is 0 Å². The van der Waals surface area contributed by atoms with Crippen molar-refractivity contribution in [1.82, 2.24) is 0 Å². The minimum absolute atomic E-state index is 0.327. The summed E-state index contributed by atoms with van der Waals surface area (Å²) in [6.07, 6.45) is 2.76. The van der Waals surface area contributed by atoms with E-state index in [0.717, 1.165) is 34.2 Å². The lowest BCUT2D eigenvalue weighted by atomic mass is 9.88. The van der Waals surface area contributed by atoms with Crippen LogP contribution in [0.5, 0.6) is 5.75 Å². The van der Waals surface area contributed by atoms with Crippen LogP contribution in [0.25, 0.3) is 0 Å². The fourth-order valence-corrected chi connectivity index (χ4v) is 4.90. The van der Waals surface area contributed by atoms with Gasteiger partial charge in [0.2, 0.25) is 0 Å². The van der Waals surface area contributed by atoms with Gasteiger partial charge in [-0.05, 0) is 48.9 Å². The zero-order chi connectivity index (χ0) is 18.1. The van der Waals surface area contributed by atoms with Gasteiger partial charge in [0.1, 0.15) is 10.8 Å². The smallest absolute Gasteiger partial charge is 0.260 e. The number of hydrogen-bond acceptors (Lipinski definition) is 4. The van der Waals surface area contributed by atoms with Gasteiger partial charge in [0.15, 0.2) is 0 Å². The Morgan fingerprint density at radius 2 is 2.16 bits per heavy atom. The second kappa shape index (κ2) is 7.17. The number of ether oxygens (including phenoxy) is 1. The first-order valence-corrected chi connectivity index (χ1v) is 9.61. The number of hydrogen-bond donors (Lipinski definition) is 2. The van der Waals surface area contributed by atoms with Crippen LogP contribution in [-0.2, 0) is 12.8 Å². The van der Waals surface area contributed by atoms with Gasteiger partial charge in [-0.1, -0.05) is 22.9 Å². The topological polar surface area (TPSA) is 81.4 Å². The molecule has 7 heteroatoms. The number of benzene rings is 1. The minimum atomic E-state index is -0.497. The molecule has 0 aliphatic heterocycles. The van der Waals surface area contributed by atoms with Crippen LogP contribution in [0, 0.1) is 5.92 Å². The molecule has 3 N–H and O–H groups in total. The molecule has 25 heavy (non-hydrogen) atoms. The summed E-state index contributed by atoms with van der Waals surface area (Å²) >= 11 is 4.81. The molecule has 0 radical (unpaired) electrons. The molecular weight excluding hydrogens is 404 g/mol. The minimum Gasteiger partial charge on any atom is -0.496 e. The van der Waals surface area contributed by atoms with Gasteiger partial charge < -0.3 is 15.8 Å². The third-order valence-corrected chi connectivity index (χ3v) is 6.05. The monoisotopic (exact) mass is 422 g/mol. The van der Waals surface area contributed by atoms with Crippen molar-refractivity contribution in [3.63, 3.8) is 0 Å². The van der Waals surface area contributed by atoms with Crippen LogP contribution in [0.3, 0.4) is 0 Å². The highest BCUT2D eigenvalue weighted by Crippen LogP contribution is 2.39. The third-order valence-electron chi connectivity index (χ3n) is 4.39. The Bertz CT molecular complexity index is 847. The molecule has 0 saturated carbocycles. The number of fused-ring (bicyclic) bond motifs is 1. The summed E-state index contributed by atoms with van der Waals surface area (Å²) in [7, 11) is 1.51. The Morgan fingerprint density at radius 1 is 1.40 bits per heavy atom. The number of halogens is 1. The molecule has 1 aromatic heterocycles. The van der Waals surface area contributed by atoms with Crippen molar-refractivity contribution in [2.75, 3.05) is 12.4 Å². The second-order valence-electron chi connectivity index (χ2n) is 6.22. The number of thiophene rings is 1. The quantitative estimate of drug-likeness (QED) is 0.780. The van der Waals surface area contributed by atoms with Crippen molar-refractivity contribution in [3.8, 4) is 5.75 Å². The van der Waals surface area contributed by atoms with Gasteiger partial charge in [0.25, 0.3) is 11.8 Å². The van der Waals surface area contributed by atoms with E-state index in [0.29, 0.717) is 27.8 Å². The first kappa shape index (κ1) is 17.9. The van der Waals surface area contributed by atoms with Crippen LogP contribution in [-0.4, -0.2) is 18.9 Å². The predicted octanol–water partition coefficient (Wildman–Crippen LogP) is 4.00. The molecule has 1 aliphatic carbocycles. The molecule has 0 saturated heterocycles. The molecule has 2 amide bonds. The van der Waals surface area contributed by atoms with E-state index in [1.165, 1.54) is 18.4 Å². The van der Waals surface area contributed by atoms with Crippen LogP contribution < -0.4 is 15.8 Å². The van der Waals surface area contributed by atoms with E-state index >= 15 is 0 Å². The average Bonchev–Trinajstić information content (AvgIpc) is 2.91. The first-order chi connectivity index (χ1) is 11.9. The maximum absolute atomic E-state index is 12.7. The normalized spacial score (nSPS) is 16.2. The lowest BCUT2D eigenvalue weighted by Crippen LogP contribution is -2.19. The average molecular weight is 423 g/mol. The number of nitrogens with one attached hydrogen (secondary N) is 1. The summed E-state index contributed by atoms with van der Waals surface area (Å²) < 4.78 is 6.03. The fraction of sp³-hybridized carbons (Fsp3) is 0.333. The lowest BCUT2D eigenvalue weighted by Gasteiger charge is -2.18. The highest BCUT2D eigenvalue weighted by atomic mass is 79.9. The number of methoxy groups -OCH3 is 1. The van der Waals surface area contributed by atoms with Gasteiger partial charge in [-0.3, -0.25) is 9.59 Å². The molecular formula is C18H19BrN2O3S. The van der Waals surface area contributed by atoms with Crippen molar-refractivity contribution >= 4 is 44.1 Å². The zero-order valence-electron chi connectivity index (χ0n) is 14.0. The number of primary amides is 1.